The Morgan fingerprint density at radius 3 is 0.226 bits per heavy atom. The second-order valence-electron chi connectivity index (χ2n) is 17.9. The van der Waals surface area contributed by atoms with Gasteiger partial charge in [-0.1, -0.05) is 218 Å². The average Bonchev–Trinajstić information content (AvgIpc) is 3.59. The van der Waals surface area contributed by atoms with Crippen LogP contribution < -0.4 is 63.7 Å². The first-order chi connectivity index (χ1) is 37.8. The predicted molar refractivity (Wildman–Crippen MR) is 391 cm³/mol. The van der Waals surface area contributed by atoms with Gasteiger partial charge in [0.1, 0.15) is 63.7 Å². The molecule has 0 nitrogen and oxygen atoms in total. The molecule has 0 saturated heterocycles. The van der Waals surface area contributed by atoms with E-state index in [9.17, 15) is 0 Å². The van der Waals surface area contributed by atoms with E-state index in [-0.39, 0.29) is 121 Å². The average molecular weight is 1610 g/mol. The van der Waals surface area contributed by atoms with Crippen molar-refractivity contribution >= 4 is 135 Å². The Hall–Kier alpha value is -3.27. The van der Waals surface area contributed by atoms with Crippen molar-refractivity contribution in [1.82, 2.24) is 0 Å². The fraction of sp³-hybridized carbons (Fsp3) is 0. The van der Waals surface area contributed by atoms with Gasteiger partial charge in [-0.05, 0) is 146 Å². The van der Waals surface area contributed by atoms with Crippen molar-refractivity contribution in [2.75, 3.05) is 0 Å². The molecule has 0 aromatic heterocycles. The van der Waals surface area contributed by atoms with Gasteiger partial charge in [-0.3, -0.25) is 0 Å². The van der Waals surface area contributed by atoms with E-state index < -0.39 is 31.7 Å². The minimum absolute atomic E-state index is 0. The maximum Gasteiger partial charge on any atom is 0.102 e. The van der Waals surface area contributed by atoms with Crippen LogP contribution in [0.15, 0.2) is 364 Å². The van der Waals surface area contributed by atoms with Crippen LogP contribution in [0.1, 0.15) is 0 Å². The largest absolute Gasteiger partial charge is 0.153 e. The fourth-order valence-corrected chi connectivity index (χ4v) is 19.6. The van der Waals surface area contributed by atoms with Gasteiger partial charge in [0.2, 0.25) is 0 Å². The minimum Gasteiger partial charge on any atom is -0.153 e. The van der Waals surface area contributed by atoms with E-state index in [1.165, 1.54) is 63.7 Å². The smallest absolute Gasteiger partial charge is 0.102 e. The quantitative estimate of drug-likeness (QED) is 0.0845. The molecule has 4 atom stereocenters. The second-order valence-corrected chi connectivity index (χ2v) is 27.8. The molecule has 0 N–H and O–H groups in total. The summed E-state index contributed by atoms with van der Waals surface area (Å²) in [7, 11) is -3.51. The van der Waals surface area contributed by atoms with Gasteiger partial charge < -0.3 is 0 Å². The standard InChI is InChI=1S/4C18H15P.4H3P.4Pd/c4*1-4-10-16(11-5-1)19(17-12-6-2-7-13-17)18-14-8-3-9-15-18;;;;;;;;/h4*1-15H;4*1H3;;;;/p+4. The van der Waals surface area contributed by atoms with Crippen LogP contribution in [0.5, 0.6) is 0 Å². The molecule has 84 heavy (non-hydrogen) atoms. The van der Waals surface area contributed by atoms with Crippen LogP contribution >= 0.6 is 71.3 Å². The van der Waals surface area contributed by atoms with Gasteiger partial charge >= 0.3 is 0 Å². The summed E-state index contributed by atoms with van der Waals surface area (Å²) in [6, 6.07) is 130. The maximum atomic E-state index is 2.24. The van der Waals surface area contributed by atoms with Gasteiger partial charge in [0.25, 0.3) is 0 Å². The van der Waals surface area contributed by atoms with Crippen molar-refractivity contribution < 1.29 is 81.7 Å². The number of rotatable bonds is 12. The Balaban J connectivity index is 0.000000543. The Kier molecular flexibility index (Phi) is 42.2. The van der Waals surface area contributed by atoms with Crippen molar-refractivity contribution in [3.63, 3.8) is 0 Å². The first-order valence-electron chi connectivity index (χ1n) is 25.9. The molecular formula is C72H76P8Pd4+4. The van der Waals surface area contributed by atoms with Crippen LogP contribution in [0.2, 0.25) is 0 Å². The molecule has 12 aromatic rings. The summed E-state index contributed by atoms with van der Waals surface area (Å²) < 4.78 is 0. The zero-order chi connectivity index (χ0) is 51.7. The fourth-order valence-electron chi connectivity index (χ4n) is 9.26. The Labute approximate surface area is 574 Å². The van der Waals surface area contributed by atoms with Gasteiger partial charge in [-0.15, -0.1) is 0 Å². The third-order valence-electron chi connectivity index (χ3n) is 12.7. The molecule has 0 aliphatic heterocycles. The molecule has 0 fully saturated rings. The SMILES string of the molecule is P.P.P.P.[Pd].[Pd].[Pd].[Pd].c1ccc([PH+](c2ccccc2)c2ccccc2)cc1.c1ccc([PH+](c2ccccc2)c2ccccc2)cc1.c1ccc([PH+](c2ccccc2)c2ccccc2)cc1.c1ccc([PH+](c2ccccc2)c2ccccc2)cc1. The minimum atomic E-state index is -0.877. The van der Waals surface area contributed by atoms with Crippen LogP contribution in [-0.2, 0) is 81.7 Å². The molecular weight excluding hydrogens is 1540 g/mol. The van der Waals surface area contributed by atoms with Gasteiger partial charge in [-0.2, -0.15) is 39.6 Å². The molecule has 12 heteroatoms. The maximum absolute atomic E-state index is 2.24. The summed E-state index contributed by atoms with van der Waals surface area (Å²) in [4.78, 5) is 0. The molecule has 0 amide bonds. The first-order valence-corrected chi connectivity index (χ1v) is 31.9. The molecule has 0 spiro atoms. The van der Waals surface area contributed by atoms with E-state index in [4.69, 9.17) is 0 Å². The molecule has 4 unspecified atom stereocenters. The molecule has 0 saturated carbocycles. The first kappa shape index (κ1) is 78.7. The molecule has 0 radical (unpaired) electrons. The van der Waals surface area contributed by atoms with Crippen molar-refractivity contribution in [3.8, 4) is 0 Å². The van der Waals surface area contributed by atoms with Crippen LogP contribution in [0.4, 0.5) is 0 Å². The molecule has 0 bridgehead atoms. The summed E-state index contributed by atoms with van der Waals surface area (Å²) in [5.41, 5.74) is 0. The van der Waals surface area contributed by atoms with E-state index in [0.29, 0.717) is 0 Å². The van der Waals surface area contributed by atoms with Gasteiger partial charge in [0.05, 0.1) is 31.7 Å². The van der Waals surface area contributed by atoms with Crippen molar-refractivity contribution in [1.29, 1.82) is 0 Å². The van der Waals surface area contributed by atoms with E-state index in [2.05, 4.69) is 364 Å². The summed E-state index contributed by atoms with van der Waals surface area (Å²) in [5, 5.41) is 17.2. The molecule has 0 aliphatic rings. The third-order valence-corrected chi connectivity index (χ3v) is 23.7. The number of hydrogen-bond donors (Lipinski definition) is 0. The Bertz CT molecular complexity index is 2610. The molecule has 12 rings (SSSR count). The zero-order valence-corrected chi connectivity index (χ0v) is 62.6. The van der Waals surface area contributed by atoms with Crippen LogP contribution in [0, 0.1) is 0 Å². The predicted octanol–water partition coefficient (Wildman–Crippen LogP) is 12.9. The Morgan fingerprint density at radius 2 is 0.167 bits per heavy atom. The zero-order valence-electron chi connectivity index (χ0n) is 46.7. The van der Waals surface area contributed by atoms with Crippen molar-refractivity contribution in [3.05, 3.63) is 364 Å². The van der Waals surface area contributed by atoms with E-state index in [1.54, 1.807) is 0 Å². The van der Waals surface area contributed by atoms with Crippen LogP contribution in [0.3, 0.4) is 0 Å². The van der Waals surface area contributed by atoms with E-state index >= 15 is 0 Å². The van der Waals surface area contributed by atoms with Crippen molar-refractivity contribution in [2.24, 2.45) is 0 Å². The van der Waals surface area contributed by atoms with Gasteiger partial charge in [0.15, 0.2) is 0 Å². The van der Waals surface area contributed by atoms with Crippen LogP contribution in [-0.4, -0.2) is 0 Å². The monoisotopic (exact) mass is 1610 g/mol. The third kappa shape index (κ3) is 24.0. The molecule has 0 aliphatic carbocycles. The van der Waals surface area contributed by atoms with Crippen LogP contribution in [0.25, 0.3) is 0 Å². The van der Waals surface area contributed by atoms with Crippen molar-refractivity contribution in [2.45, 2.75) is 0 Å². The summed E-state index contributed by atoms with van der Waals surface area (Å²) in [6.07, 6.45) is 0. The number of benzene rings is 12. The molecule has 440 valence electrons. The van der Waals surface area contributed by atoms with Gasteiger partial charge in [-0.25, -0.2) is 0 Å². The van der Waals surface area contributed by atoms with E-state index in [0.717, 1.165) is 0 Å². The molecule has 0 heterocycles. The summed E-state index contributed by atoms with van der Waals surface area (Å²) >= 11 is 0. The summed E-state index contributed by atoms with van der Waals surface area (Å²) in [6.45, 7) is 0. The topological polar surface area (TPSA) is 0 Å². The normalized spacial score (nSPS) is 9.57. The van der Waals surface area contributed by atoms with Gasteiger partial charge in [0, 0.05) is 81.7 Å². The molecule has 12 aromatic carbocycles. The second kappa shape index (κ2) is 45.1. The number of hydrogen-bond acceptors (Lipinski definition) is 0. The summed E-state index contributed by atoms with van der Waals surface area (Å²) in [5.74, 6) is 0. The van der Waals surface area contributed by atoms with E-state index in [1.807, 2.05) is 0 Å². The Morgan fingerprint density at radius 1 is 0.107 bits per heavy atom.